The van der Waals surface area contributed by atoms with E-state index in [1.807, 2.05) is 11.8 Å². The van der Waals surface area contributed by atoms with Gasteiger partial charge in [-0.15, -0.1) is 0 Å². The van der Waals surface area contributed by atoms with E-state index in [9.17, 15) is 10.2 Å². The van der Waals surface area contributed by atoms with Crippen molar-refractivity contribution in [2.24, 2.45) is 35.1 Å². The largest absolute Gasteiger partial charge is 0.391 e. The van der Waals surface area contributed by atoms with Gasteiger partial charge in [0.25, 0.3) is 0 Å². The number of nitrogens with two attached hydrogens (primary N) is 2. The zero-order valence-corrected chi connectivity index (χ0v) is 14.5. The van der Waals surface area contributed by atoms with Gasteiger partial charge in [-0.25, -0.2) is 0 Å². The predicted octanol–water partition coefficient (Wildman–Crippen LogP) is 1.19. The molecule has 6 N–H and O–H groups in total. The summed E-state index contributed by atoms with van der Waals surface area (Å²) in [5.41, 5.74) is 12.4. The van der Waals surface area contributed by atoms with E-state index in [0.29, 0.717) is 22.3 Å². The number of hydrogen-bond acceptors (Lipinski definition) is 5. The SMILES string of the molecule is CC1CC(SC2CC(C)C(O)C(N)C2C)C(C)C(N)C1O. The van der Waals surface area contributed by atoms with Crippen LogP contribution in [0.3, 0.4) is 0 Å². The molecule has 4 nitrogen and oxygen atoms in total. The molecule has 0 aromatic rings. The molecular formula is C16H32N2O2S. The molecule has 2 rings (SSSR count). The normalized spacial score (nSPS) is 55.4. The Kier molecular flexibility index (Phi) is 5.64. The molecule has 10 atom stereocenters. The average molecular weight is 317 g/mol. The Morgan fingerprint density at radius 2 is 1.10 bits per heavy atom. The summed E-state index contributed by atoms with van der Waals surface area (Å²) in [5, 5.41) is 21.2. The molecule has 0 aromatic carbocycles. The molecule has 2 aliphatic rings. The number of hydrogen-bond donors (Lipinski definition) is 4. The van der Waals surface area contributed by atoms with E-state index >= 15 is 0 Å². The van der Waals surface area contributed by atoms with Gasteiger partial charge in [0.15, 0.2) is 0 Å². The van der Waals surface area contributed by atoms with Crippen LogP contribution in [-0.2, 0) is 0 Å². The fourth-order valence-electron chi connectivity index (χ4n) is 3.90. The lowest BCUT2D eigenvalue weighted by Gasteiger charge is -2.46. The molecule has 0 amide bonds. The van der Waals surface area contributed by atoms with Gasteiger partial charge in [0, 0.05) is 22.6 Å². The van der Waals surface area contributed by atoms with Crippen LogP contribution in [0.15, 0.2) is 0 Å². The summed E-state index contributed by atoms with van der Waals surface area (Å²) in [6.45, 7) is 8.49. The fraction of sp³-hybridized carbons (Fsp3) is 1.00. The van der Waals surface area contributed by atoms with Crippen molar-refractivity contribution in [2.75, 3.05) is 0 Å². The monoisotopic (exact) mass is 316 g/mol. The first-order valence-corrected chi connectivity index (χ1v) is 9.21. The van der Waals surface area contributed by atoms with Gasteiger partial charge in [0.2, 0.25) is 0 Å². The summed E-state index contributed by atoms with van der Waals surface area (Å²) < 4.78 is 0. The zero-order chi connectivity index (χ0) is 15.9. The fourth-order valence-corrected chi connectivity index (χ4v) is 6.04. The van der Waals surface area contributed by atoms with E-state index in [2.05, 4.69) is 27.7 Å². The highest BCUT2D eigenvalue weighted by molar-refractivity contribution is 8.00. The van der Waals surface area contributed by atoms with Crippen LogP contribution in [0.1, 0.15) is 40.5 Å². The van der Waals surface area contributed by atoms with Crippen LogP contribution in [0.25, 0.3) is 0 Å². The van der Waals surface area contributed by atoms with Crippen molar-refractivity contribution in [3.05, 3.63) is 0 Å². The topological polar surface area (TPSA) is 92.5 Å². The van der Waals surface area contributed by atoms with Gasteiger partial charge < -0.3 is 21.7 Å². The lowest BCUT2D eigenvalue weighted by Crippen LogP contribution is -2.55. The van der Waals surface area contributed by atoms with Crippen LogP contribution in [0.4, 0.5) is 0 Å². The maximum absolute atomic E-state index is 10.1. The van der Waals surface area contributed by atoms with Gasteiger partial charge in [-0.2, -0.15) is 11.8 Å². The predicted molar refractivity (Wildman–Crippen MR) is 89.0 cm³/mol. The van der Waals surface area contributed by atoms with E-state index < -0.39 is 0 Å². The smallest absolute Gasteiger partial charge is 0.0719 e. The van der Waals surface area contributed by atoms with Crippen molar-refractivity contribution in [1.29, 1.82) is 0 Å². The number of aliphatic hydroxyl groups is 2. The molecule has 124 valence electrons. The van der Waals surface area contributed by atoms with Crippen LogP contribution >= 0.6 is 11.8 Å². The number of aliphatic hydroxyl groups excluding tert-OH is 2. The lowest BCUT2D eigenvalue weighted by molar-refractivity contribution is 0.0350. The Hall–Kier alpha value is 0.190. The number of rotatable bonds is 2. The summed E-state index contributed by atoms with van der Waals surface area (Å²) in [4.78, 5) is 0. The van der Waals surface area contributed by atoms with E-state index in [1.165, 1.54) is 0 Å². The first-order valence-electron chi connectivity index (χ1n) is 8.26. The average Bonchev–Trinajstić information content (AvgIpc) is 2.45. The van der Waals surface area contributed by atoms with E-state index in [4.69, 9.17) is 11.5 Å². The molecule has 0 spiro atoms. The van der Waals surface area contributed by atoms with E-state index in [1.54, 1.807) is 0 Å². The Bertz CT molecular complexity index is 325. The zero-order valence-electron chi connectivity index (χ0n) is 13.6. The van der Waals surface area contributed by atoms with Gasteiger partial charge in [-0.1, -0.05) is 27.7 Å². The van der Waals surface area contributed by atoms with E-state index in [-0.39, 0.29) is 36.1 Å². The molecule has 21 heavy (non-hydrogen) atoms. The minimum atomic E-state index is -0.386. The molecule has 5 heteroatoms. The summed E-state index contributed by atoms with van der Waals surface area (Å²) in [7, 11) is 0. The van der Waals surface area contributed by atoms with Crippen molar-refractivity contribution in [3.63, 3.8) is 0 Å². The van der Waals surface area contributed by atoms with Crippen LogP contribution in [-0.4, -0.2) is 45.0 Å². The third-order valence-corrected chi connectivity index (χ3v) is 7.84. The Morgan fingerprint density at radius 3 is 1.43 bits per heavy atom. The molecule has 2 aliphatic carbocycles. The molecule has 10 unspecified atom stereocenters. The highest BCUT2D eigenvalue weighted by Crippen LogP contribution is 2.44. The lowest BCUT2D eigenvalue weighted by atomic mass is 9.77. The highest BCUT2D eigenvalue weighted by atomic mass is 32.2. The molecule has 2 fully saturated rings. The van der Waals surface area contributed by atoms with Crippen LogP contribution in [0.2, 0.25) is 0 Å². The van der Waals surface area contributed by atoms with Crippen LogP contribution < -0.4 is 11.5 Å². The van der Waals surface area contributed by atoms with Crippen molar-refractivity contribution in [2.45, 2.75) is 75.3 Å². The molecule has 0 radical (unpaired) electrons. The Balaban J connectivity index is 2.03. The quantitative estimate of drug-likeness (QED) is 0.614. The first-order chi connectivity index (χ1) is 9.73. The molecular weight excluding hydrogens is 284 g/mol. The van der Waals surface area contributed by atoms with Crippen molar-refractivity contribution in [1.82, 2.24) is 0 Å². The van der Waals surface area contributed by atoms with Gasteiger partial charge >= 0.3 is 0 Å². The molecule has 2 saturated carbocycles. The summed E-state index contributed by atoms with van der Waals surface area (Å²) in [6.07, 6.45) is 1.25. The second kappa shape index (κ2) is 6.75. The van der Waals surface area contributed by atoms with Gasteiger partial charge in [0.1, 0.15) is 0 Å². The van der Waals surface area contributed by atoms with Gasteiger partial charge in [-0.05, 0) is 36.5 Å². The highest BCUT2D eigenvalue weighted by Gasteiger charge is 2.43. The molecule has 0 saturated heterocycles. The third-order valence-electron chi connectivity index (χ3n) is 5.90. The standard InChI is InChI=1S/C16H32N2O2S/c1-7-5-11(9(3)13(17)15(7)19)21-12-6-8(2)16(20)14(18)10(12)4/h7-16,19-20H,5-6,17-18H2,1-4H3. The maximum Gasteiger partial charge on any atom is 0.0719 e. The molecule has 0 heterocycles. The van der Waals surface area contributed by atoms with Crippen molar-refractivity contribution >= 4 is 11.8 Å². The first kappa shape index (κ1) is 17.5. The second-order valence-corrected chi connectivity index (χ2v) is 8.98. The summed E-state index contributed by atoms with van der Waals surface area (Å²) in [6, 6.07) is -0.274. The summed E-state index contributed by atoms with van der Waals surface area (Å²) >= 11 is 1.99. The minimum Gasteiger partial charge on any atom is -0.391 e. The van der Waals surface area contributed by atoms with Crippen LogP contribution in [0, 0.1) is 23.7 Å². The number of thioether (sulfide) groups is 1. The van der Waals surface area contributed by atoms with Gasteiger partial charge in [-0.3, -0.25) is 0 Å². The molecule has 0 aromatic heterocycles. The Morgan fingerprint density at radius 1 is 0.762 bits per heavy atom. The van der Waals surface area contributed by atoms with Crippen molar-refractivity contribution in [3.8, 4) is 0 Å². The van der Waals surface area contributed by atoms with Crippen LogP contribution in [0.5, 0.6) is 0 Å². The Labute approximate surface area is 133 Å². The molecule has 0 bridgehead atoms. The van der Waals surface area contributed by atoms with Crippen molar-refractivity contribution < 1.29 is 10.2 Å². The second-order valence-electron chi connectivity index (χ2n) is 7.49. The molecule has 0 aliphatic heterocycles. The third kappa shape index (κ3) is 3.42. The minimum absolute atomic E-state index is 0.137. The van der Waals surface area contributed by atoms with Gasteiger partial charge in [0.05, 0.1) is 12.2 Å². The van der Waals surface area contributed by atoms with E-state index in [0.717, 1.165) is 12.8 Å². The maximum atomic E-state index is 10.1. The summed E-state index contributed by atoms with van der Waals surface area (Å²) in [5.74, 6) is 1.13.